The summed E-state index contributed by atoms with van der Waals surface area (Å²) in [5.74, 6) is 2.73. The van der Waals surface area contributed by atoms with Crippen LogP contribution in [0.25, 0.3) is 0 Å². The zero-order valence-electron chi connectivity index (χ0n) is 11.8. The first-order chi connectivity index (χ1) is 8.40. The van der Waals surface area contributed by atoms with Gasteiger partial charge in [0.05, 0.1) is 13.1 Å². The number of hydrogen-bond donors (Lipinski definition) is 2. The molecular weight excluding hydrogens is 226 g/mol. The van der Waals surface area contributed by atoms with Gasteiger partial charge in [0.15, 0.2) is 0 Å². The molecule has 0 aromatic heterocycles. The predicted octanol–water partition coefficient (Wildman–Crippen LogP) is 0.588. The Morgan fingerprint density at radius 3 is 2.50 bits per heavy atom. The normalized spacial score (nSPS) is 18.3. The van der Waals surface area contributed by atoms with E-state index in [9.17, 15) is 4.79 Å². The smallest absolute Gasteiger partial charge is 0.234 e. The summed E-state index contributed by atoms with van der Waals surface area (Å²) < 4.78 is 0. The summed E-state index contributed by atoms with van der Waals surface area (Å²) in [6, 6.07) is 0.435. The van der Waals surface area contributed by atoms with Gasteiger partial charge in [0, 0.05) is 24.7 Å². The lowest BCUT2D eigenvalue weighted by atomic mass is 10.0. The third kappa shape index (κ3) is 6.04. The predicted molar refractivity (Wildman–Crippen MR) is 74.2 cm³/mol. The highest BCUT2D eigenvalue weighted by atomic mass is 16.2. The zero-order chi connectivity index (χ0) is 13.6. The van der Waals surface area contributed by atoms with Crippen LogP contribution in [0.3, 0.4) is 0 Å². The van der Waals surface area contributed by atoms with Gasteiger partial charge in [-0.1, -0.05) is 5.92 Å². The fraction of sp³-hybridized carbons (Fsp3) is 0.786. The van der Waals surface area contributed by atoms with Crippen molar-refractivity contribution in [3.05, 3.63) is 0 Å². The Hall–Kier alpha value is -1.05. The number of likely N-dealkylation sites (tertiary alicyclic amines) is 1. The molecule has 1 amide bonds. The largest absolute Gasteiger partial charge is 0.350 e. The molecule has 1 aliphatic rings. The first-order valence-corrected chi connectivity index (χ1v) is 6.61. The van der Waals surface area contributed by atoms with Crippen LogP contribution in [-0.4, -0.2) is 48.6 Å². The topological polar surface area (TPSA) is 44.4 Å². The maximum absolute atomic E-state index is 11.7. The van der Waals surface area contributed by atoms with E-state index in [0.29, 0.717) is 12.6 Å². The first-order valence-electron chi connectivity index (χ1n) is 6.61. The molecule has 4 heteroatoms. The van der Waals surface area contributed by atoms with Gasteiger partial charge in [0.1, 0.15) is 0 Å². The Kier molecular flexibility index (Phi) is 5.64. The van der Waals surface area contributed by atoms with Crippen molar-refractivity contribution in [2.45, 2.75) is 45.2 Å². The molecule has 1 saturated heterocycles. The maximum atomic E-state index is 11.7. The van der Waals surface area contributed by atoms with Gasteiger partial charge in [0.25, 0.3) is 0 Å². The second kappa shape index (κ2) is 6.77. The highest BCUT2D eigenvalue weighted by molar-refractivity contribution is 5.78. The lowest BCUT2D eigenvalue weighted by molar-refractivity contribution is -0.121. The second-order valence-electron chi connectivity index (χ2n) is 5.93. The molecule has 0 aliphatic carbocycles. The molecule has 102 valence electrons. The highest BCUT2D eigenvalue weighted by Crippen LogP contribution is 2.09. The summed E-state index contributed by atoms with van der Waals surface area (Å²) in [5, 5.41) is 6.27. The monoisotopic (exact) mass is 251 g/mol. The van der Waals surface area contributed by atoms with Gasteiger partial charge in [-0.05, 0) is 33.6 Å². The summed E-state index contributed by atoms with van der Waals surface area (Å²) in [5.41, 5.74) is -0.158. The molecule has 18 heavy (non-hydrogen) atoms. The van der Waals surface area contributed by atoms with E-state index in [4.69, 9.17) is 6.42 Å². The fourth-order valence-corrected chi connectivity index (χ4v) is 2.12. The minimum Gasteiger partial charge on any atom is -0.350 e. The summed E-state index contributed by atoms with van der Waals surface area (Å²) in [6.07, 6.45) is 7.41. The van der Waals surface area contributed by atoms with Gasteiger partial charge >= 0.3 is 0 Å². The van der Waals surface area contributed by atoms with Gasteiger partial charge in [-0.3, -0.25) is 9.69 Å². The lowest BCUT2D eigenvalue weighted by Crippen LogP contribution is -2.49. The lowest BCUT2D eigenvalue weighted by Gasteiger charge is -2.31. The standard InChI is InChI=1S/C14H25N3O/c1-5-8-17-9-6-12(7-10-17)15-11-13(18)16-14(2,3)4/h1,12,15H,6-11H2,2-4H3,(H,16,18). The minimum atomic E-state index is -0.158. The van der Waals surface area contributed by atoms with Crippen molar-refractivity contribution < 1.29 is 4.79 Å². The van der Waals surface area contributed by atoms with Crippen molar-refractivity contribution in [2.24, 2.45) is 0 Å². The van der Waals surface area contributed by atoms with Crippen LogP contribution in [0.5, 0.6) is 0 Å². The molecule has 4 nitrogen and oxygen atoms in total. The van der Waals surface area contributed by atoms with Crippen LogP contribution in [0.1, 0.15) is 33.6 Å². The highest BCUT2D eigenvalue weighted by Gasteiger charge is 2.19. The molecule has 1 aliphatic heterocycles. The van der Waals surface area contributed by atoms with E-state index in [-0.39, 0.29) is 11.4 Å². The molecule has 0 saturated carbocycles. The van der Waals surface area contributed by atoms with Crippen LogP contribution in [-0.2, 0) is 4.79 Å². The van der Waals surface area contributed by atoms with Crippen LogP contribution in [0.2, 0.25) is 0 Å². The molecule has 0 radical (unpaired) electrons. The van der Waals surface area contributed by atoms with Gasteiger partial charge in [0.2, 0.25) is 5.91 Å². The van der Waals surface area contributed by atoms with Crippen LogP contribution >= 0.6 is 0 Å². The molecule has 0 aromatic rings. The van der Waals surface area contributed by atoms with Gasteiger partial charge in [-0.25, -0.2) is 0 Å². The maximum Gasteiger partial charge on any atom is 0.234 e. The van der Waals surface area contributed by atoms with E-state index in [1.807, 2.05) is 20.8 Å². The molecule has 1 heterocycles. The number of terminal acetylenes is 1. The van der Waals surface area contributed by atoms with Gasteiger partial charge < -0.3 is 10.6 Å². The molecule has 0 atom stereocenters. The van der Waals surface area contributed by atoms with Crippen molar-refractivity contribution >= 4 is 5.91 Å². The Morgan fingerprint density at radius 2 is 2.00 bits per heavy atom. The summed E-state index contributed by atoms with van der Waals surface area (Å²) in [6.45, 7) is 9.13. The van der Waals surface area contributed by atoms with Crippen LogP contribution in [0.15, 0.2) is 0 Å². The van der Waals surface area contributed by atoms with Crippen LogP contribution in [0, 0.1) is 12.3 Å². The third-order valence-corrected chi connectivity index (χ3v) is 2.97. The number of rotatable bonds is 4. The number of nitrogens with one attached hydrogen (secondary N) is 2. The third-order valence-electron chi connectivity index (χ3n) is 2.97. The van der Waals surface area contributed by atoms with E-state index < -0.39 is 0 Å². The summed E-state index contributed by atoms with van der Waals surface area (Å²) in [4.78, 5) is 13.9. The van der Waals surface area contributed by atoms with E-state index in [0.717, 1.165) is 32.5 Å². The Labute approximate surface area is 110 Å². The van der Waals surface area contributed by atoms with E-state index >= 15 is 0 Å². The molecule has 0 spiro atoms. The zero-order valence-corrected chi connectivity index (χ0v) is 11.8. The van der Waals surface area contributed by atoms with Crippen molar-refractivity contribution in [3.8, 4) is 12.3 Å². The second-order valence-corrected chi connectivity index (χ2v) is 5.93. The molecular formula is C14H25N3O. The van der Waals surface area contributed by atoms with Crippen molar-refractivity contribution in [3.63, 3.8) is 0 Å². The van der Waals surface area contributed by atoms with Crippen LogP contribution < -0.4 is 10.6 Å². The molecule has 1 rings (SSSR count). The average Bonchev–Trinajstić information content (AvgIpc) is 2.26. The number of piperidine rings is 1. The number of carbonyl (C=O) groups is 1. The molecule has 0 bridgehead atoms. The van der Waals surface area contributed by atoms with Gasteiger partial charge in [-0.2, -0.15) is 0 Å². The quantitative estimate of drug-likeness (QED) is 0.719. The van der Waals surface area contributed by atoms with Crippen molar-refractivity contribution in [2.75, 3.05) is 26.2 Å². The number of hydrogen-bond acceptors (Lipinski definition) is 3. The van der Waals surface area contributed by atoms with Crippen molar-refractivity contribution in [1.82, 2.24) is 15.5 Å². The van der Waals surface area contributed by atoms with E-state index in [1.165, 1.54) is 0 Å². The number of nitrogens with zero attached hydrogens (tertiary/aromatic N) is 1. The SMILES string of the molecule is C#CCN1CCC(NCC(=O)NC(C)(C)C)CC1. The van der Waals surface area contributed by atoms with Crippen LogP contribution in [0.4, 0.5) is 0 Å². The first kappa shape index (κ1) is 15.0. The molecule has 0 unspecified atom stereocenters. The number of amides is 1. The minimum absolute atomic E-state index is 0.0635. The molecule has 0 aromatic carbocycles. The Balaban J connectivity index is 2.18. The van der Waals surface area contributed by atoms with Crippen molar-refractivity contribution in [1.29, 1.82) is 0 Å². The fourth-order valence-electron chi connectivity index (χ4n) is 2.12. The average molecular weight is 251 g/mol. The number of carbonyl (C=O) groups excluding carboxylic acids is 1. The van der Waals surface area contributed by atoms with E-state index in [2.05, 4.69) is 21.5 Å². The molecule has 1 fully saturated rings. The summed E-state index contributed by atoms with van der Waals surface area (Å²) in [7, 11) is 0. The summed E-state index contributed by atoms with van der Waals surface area (Å²) >= 11 is 0. The Bertz CT molecular complexity index is 306. The van der Waals surface area contributed by atoms with Gasteiger partial charge in [-0.15, -0.1) is 6.42 Å². The Morgan fingerprint density at radius 1 is 1.39 bits per heavy atom. The molecule has 2 N–H and O–H groups in total. The van der Waals surface area contributed by atoms with E-state index in [1.54, 1.807) is 0 Å².